The summed E-state index contributed by atoms with van der Waals surface area (Å²) in [5, 5.41) is 12.7. The van der Waals surface area contributed by atoms with Crippen LogP contribution in [-0.2, 0) is 23.9 Å². The number of aliphatic carboxylic acids is 1. The third-order valence-electron chi connectivity index (χ3n) is 6.16. The van der Waals surface area contributed by atoms with Crippen LogP contribution >= 0.6 is 0 Å². The average molecular weight is 471 g/mol. The second kappa shape index (κ2) is 12.9. The number of carbonyl (C=O) groups excluding carboxylic acids is 3. The lowest BCUT2D eigenvalue weighted by Gasteiger charge is -2.28. The molecule has 9 nitrogen and oxygen atoms in total. The predicted octanol–water partition coefficient (Wildman–Crippen LogP) is 1.90. The zero-order valence-corrected chi connectivity index (χ0v) is 21.3. The van der Waals surface area contributed by atoms with E-state index in [9.17, 15) is 24.3 Å². The molecule has 0 saturated carbocycles. The molecule has 190 valence electrons. The molecule has 2 atom stereocenters. The Bertz CT molecular complexity index is 686. The minimum Gasteiger partial charge on any atom is -0.481 e. The number of amides is 2. The van der Waals surface area contributed by atoms with Crippen molar-refractivity contribution in [3.05, 3.63) is 0 Å². The van der Waals surface area contributed by atoms with Crippen LogP contribution in [0.3, 0.4) is 0 Å². The molecule has 0 aromatic rings. The van der Waals surface area contributed by atoms with Gasteiger partial charge in [-0.25, -0.2) is 0 Å². The number of hydrogen-bond acceptors (Lipinski definition) is 5. The van der Waals surface area contributed by atoms with Gasteiger partial charge in [0.1, 0.15) is 6.61 Å². The summed E-state index contributed by atoms with van der Waals surface area (Å²) in [5.41, 5.74) is -1.02. The van der Waals surface area contributed by atoms with E-state index in [0.29, 0.717) is 32.5 Å². The molecule has 0 bridgehead atoms. The van der Waals surface area contributed by atoms with E-state index in [0.717, 1.165) is 23.9 Å². The van der Waals surface area contributed by atoms with Crippen LogP contribution in [0.5, 0.6) is 0 Å². The van der Waals surface area contributed by atoms with E-state index < -0.39 is 29.2 Å². The Kier molecular flexibility index (Phi) is 11.3. The fourth-order valence-electron chi connectivity index (χ4n) is 4.07. The fourth-order valence-corrected chi connectivity index (χ4v) is 4.07. The number of esters is 1. The van der Waals surface area contributed by atoms with E-state index in [2.05, 4.69) is 26.5 Å². The summed E-state index contributed by atoms with van der Waals surface area (Å²) in [5.74, 6) is -2.84. The molecule has 0 spiro atoms. The Labute approximate surface area is 198 Å². The summed E-state index contributed by atoms with van der Waals surface area (Å²) in [6.07, 6.45) is 2.97. The van der Waals surface area contributed by atoms with Crippen molar-refractivity contribution in [3.8, 4) is 0 Å². The van der Waals surface area contributed by atoms with Crippen LogP contribution in [-0.4, -0.2) is 92.2 Å². The van der Waals surface area contributed by atoms with E-state index in [-0.39, 0.29) is 31.3 Å². The van der Waals surface area contributed by atoms with E-state index in [1.807, 2.05) is 6.92 Å². The number of hydrogen-bond donors (Lipinski definition) is 2. The van der Waals surface area contributed by atoms with Crippen molar-refractivity contribution in [1.29, 1.82) is 0 Å². The number of carboxylic acid groups (broad SMARTS) is 1. The molecule has 0 aromatic carbocycles. The average Bonchev–Trinajstić information content (AvgIpc) is 3.11. The van der Waals surface area contributed by atoms with Crippen molar-refractivity contribution in [2.45, 2.75) is 59.3 Å². The van der Waals surface area contributed by atoms with Gasteiger partial charge in [-0.3, -0.25) is 19.2 Å². The SMILES string of the molecule is CCC(CC(CC(C)(C)C(=O)OCCN1CCCC1=O)C(=O)O)C(=O)NCCC[N+](C)(C)C. The lowest BCUT2D eigenvalue weighted by atomic mass is 9.78. The van der Waals surface area contributed by atoms with Gasteiger partial charge >= 0.3 is 11.9 Å². The first kappa shape index (κ1) is 28.9. The molecule has 1 aliphatic rings. The molecule has 0 aromatic heterocycles. The summed E-state index contributed by atoms with van der Waals surface area (Å²) in [6, 6.07) is 0. The molecule has 2 amide bonds. The maximum Gasteiger partial charge on any atom is 0.311 e. The maximum absolute atomic E-state index is 12.6. The smallest absolute Gasteiger partial charge is 0.311 e. The summed E-state index contributed by atoms with van der Waals surface area (Å²) in [6.45, 7) is 7.81. The Morgan fingerprint density at radius 1 is 1.21 bits per heavy atom. The van der Waals surface area contributed by atoms with Gasteiger partial charge < -0.3 is 24.5 Å². The number of quaternary nitrogens is 1. The van der Waals surface area contributed by atoms with Gasteiger partial charge in [0.15, 0.2) is 0 Å². The largest absolute Gasteiger partial charge is 0.481 e. The van der Waals surface area contributed by atoms with Crippen LogP contribution in [0, 0.1) is 17.3 Å². The second-order valence-electron chi connectivity index (χ2n) is 10.7. The minimum atomic E-state index is -1.02. The Hall–Kier alpha value is -2.16. The van der Waals surface area contributed by atoms with Crippen molar-refractivity contribution < 1.29 is 33.5 Å². The van der Waals surface area contributed by atoms with Crippen LogP contribution in [0.1, 0.15) is 59.3 Å². The van der Waals surface area contributed by atoms with Crippen molar-refractivity contribution in [1.82, 2.24) is 10.2 Å². The maximum atomic E-state index is 12.6. The van der Waals surface area contributed by atoms with Crippen molar-refractivity contribution in [2.75, 3.05) is 53.9 Å². The highest BCUT2D eigenvalue weighted by molar-refractivity contribution is 5.81. The summed E-state index contributed by atoms with van der Waals surface area (Å²) >= 11 is 0. The molecular weight excluding hydrogens is 426 g/mol. The topological polar surface area (TPSA) is 113 Å². The molecular formula is C24H44N3O6+. The number of nitrogens with zero attached hydrogens (tertiary/aromatic N) is 2. The normalized spacial score (nSPS) is 16.4. The number of likely N-dealkylation sites (tertiary alicyclic amines) is 1. The van der Waals surface area contributed by atoms with Gasteiger partial charge in [-0.1, -0.05) is 6.92 Å². The van der Waals surface area contributed by atoms with Gasteiger partial charge in [0, 0.05) is 31.8 Å². The highest BCUT2D eigenvalue weighted by atomic mass is 16.5. The number of nitrogens with one attached hydrogen (secondary N) is 1. The van der Waals surface area contributed by atoms with E-state index >= 15 is 0 Å². The molecule has 1 fully saturated rings. The fraction of sp³-hybridized carbons (Fsp3) is 0.833. The number of carbonyl (C=O) groups is 4. The monoisotopic (exact) mass is 470 g/mol. The van der Waals surface area contributed by atoms with Crippen LogP contribution in [0.2, 0.25) is 0 Å². The van der Waals surface area contributed by atoms with Gasteiger partial charge in [-0.05, 0) is 39.5 Å². The van der Waals surface area contributed by atoms with E-state index in [1.165, 1.54) is 0 Å². The summed E-state index contributed by atoms with van der Waals surface area (Å²) in [7, 11) is 6.27. The molecule has 2 unspecified atom stereocenters. The van der Waals surface area contributed by atoms with Gasteiger partial charge in [0.25, 0.3) is 0 Å². The predicted molar refractivity (Wildman–Crippen MR) is 125 cm³/mol. The van der Waals surface area contributed by atoms with Crippen LogP contribution in [0.4, 0.5) is 0 Å². The van der Waals surface area contributed by atoms with Gasteiger partial charge in [0.05, 0.1) is 45.6 Å². The molecule has 1 saturated heterocycles. The molecule has 33 heavy (non-hydrogen) atoms. The number of ether oxygens (including phenoxy) is 1. The minimum absolute atomic E-state index is 0.0672. The second-order valence-corrected chi connectivity index (χ2v) is 10.7. The molecule has 1 aliphatic heterocycles. The molecule has 9 heteroatoms. The first-order valence-corrected chi connectivity index (χ1v) is 12.0. The standard InChI is InChI=1S/C24H43N3O6/c1-7-18(21(29)25-11-9-14-27(4,5)6)16-19(22(30)31)17-24(2,3)23(32)33-15-13-26-12-8-10-20(26)28/h18-19H,7-17H2,1-6H3,(H-,25,29,30,31)/p+1. The lowest BCUT2D eigenvalue weighted by Crippen LogP contribution is -2.39. The highest BCUT2D eigenvalue weighted by Crippen LogP contribution is 2.31. The zero-order chi connectivity index (χ0) is 25.2. The summed E-state index contributed by atoms with van der Waals surface area (Å²) < 4.78 is 6.18. The number of rotatable bonds is 15. The Morgan fingerprint density at radius 3 is 2.39 bits per heavy atom. The van der Waals surface area contributed by atoms with Gasteiger partial charge in [-0.15, -0.1) is 0 Å². The number of carboxylic acids is 1. The van der Waals surface area contributed by atoms with Crippen LogP contribution in [0.25, 0.3) is 0 Å². The van der Waals surface area contributed by atoms with Crippen molar-refractivity contribution >= 4 is 23.8 Å². The van der Waals surface area contributed by atoms with Crippen LogP contribution in [0.15, 0.2) is 0 Å². The van der Waals surface area contributed by atoms with E-state index in [4.69, 9.17) is 4.74 Å². The molecule has 1 rings (SSSR count). The quantitative estimate of drug-likeness (QED) is 0.215. The Morgan fingerprint density at radius 2 is 1.88 bits per heavy atom. The van der Waals surface area contributed by atoms with Crippen LogP contribution < -0.4 is 5.32 Å². The molecule has 0 radical (unpaired) electrons. The first-order valence-electron chi connectivity index (χ1n) is 12.0. The zero-order valence-electron chi connectivity index (χ0n) is 21.3. The third kappa shape index (κ3) is 10.5. The molecule has 1 heterocycles. The highest BCUT2D eigenvalue weighted by Gasteiger charge is 2.37. The molecule has 0 aliphatic carbocycles. The first-order chi connectivity index (χ1) is 15.3. The summed E-state index contributed by atoms with van der Waals surface area (Å²) in [4.78, 5) is 50.5. The van der Waals surface area contributed by atoms with Gasteiger partial charge in [-0.2, -0.15) is 0 Å². The van der Waals surface area contributed by atoms with Gasteiger partial charge in [0.2, 0.25) is 11.8 Å². The third-order valence-corrected chi connectivity index (χ3v) is 6.16. The lowest BCUT2D eigenvalue weighted by molar-refractivity contribution is -0.870. The Balaban J connectivity index is 2.58. The van der Waals surface area contributed by atoms with Crippen molar-refractivity contribution in [3.63, 3.8) is 0 Å². The molecule has 2 N–H and O–H groups in total. The van der Waals surface area contributed by atoms with Crippen molar-refractivity contribution in [2.24, 2.45) is 17.3 Å². The van der Waals surface area contributed by atoms with E-state index in [1.54, 1.807) is 18.7 Å².